The fraction of sp³-hybridized carbons (Fsp3) is 0.458. The first kappa shape index (κ1) is 23.6. The summed E-state index contributed by atoms with van der Waals surface area (Å²) >= 11 is 0. The van der Waals surface area contributed by atoms with Gasteiger partial charge < -0.3 is 23.9 Å². The van der Waals surface area contributed by atoms with E-state index in [4.69, 9.17) is 19.2 Å². The number of alkyl halides is 3. The highest BCUT2D eigenvalue weighted by Gasteiger charge is 2.35. The third kappa shape index (κ3) is 5.10. The van der Waals surface area contributed by atoms with Crippen molar-refractivity contribution in [2.45, 2.75) is 31.9 Å². The third-order valence-corrected chi connectivity index (χ3v) is 6.21. The Balaban J connectivity index is 1.45. The molecule has 2 fully saturated rings. The largest absolute Gasteiger partial charge is 0.490 e. The van der Waals surface area contributed by atoms with Crippen LogP contribution in [0.15, 0.2) is 36.7 Å². The molecule has 2 saturated heterocycles. The first-order valence-corrected chi connectivity index (χ1v) is 11.4. The molecule has 8 nitrogen and oxygen atoms in total. The summed E-state index contributed by atoms with van der Waals surface area (Å²) in [7, 11) is 0. The number of hydrogen-bond acceptors (Lipinski definition) is 6. The highest BCUT2D eigenvalue weighted by Crippen LogP contribution is 2.34. The summed E-state index contributed by atoms with van der Waals surface area (Å²) in [6.45, 7) is 4.85. The number of pyridine rings is 2. The molecule has 0 atom stereocenters. The summed E-state index contributed by atoms with van der Waals surface area (Å²) in [6, 6.07) is 4.93. The Bertz CT molecular complexity index is 1230. The first-order chi connectivity index (χ1) is 16.7. The molecule has 5 heterocycles. The number of carbonyl (C=O) groups is 1. The van der Waals surface area contributed by atoms with Crippen molar-refractivity contribution in [3.8, 4) is 5.75 Å². The maximum absolute atomic E-state index is 13.1. The molecule has 0 aliphatic carbocycles. The van der Waals surface area contributed by atoms with Crippen LogP contribution in [-0.4, -0.2) is 53.3 Å². The van der Waals surface area contributed by atoms with Crippen LogP contribution in [0.2, 0.25) is 0 Å². The van der Waals surface area contributed by atoms with Crippen LogP contribution in [0, 0.1) is 5.41 Å². The van der Waals surface area contributed by atoms with E-state index in [1.54, 1.807) is 16.7 Å². The summed E-state index contributed by atoms with van der Waals surface area (Å²) in [5, 5.41) is 2.67. The van der Waals surface area contributed by atoms with Crippen LogP contribution < -0.4 is 10.1 Å². The Morgan fingerprint density at radius 3 is 2.66 bits per heavy atom. The van der Waals surface area contributed by atoms with Crippen molar-refractivity contribution < 1.29 is 32.2 Å². The predicted molar refractivity (Wildman–Crippen MR) is 120 cm³/mol. The van der Waals surface area contributed by atoms with Crippen LogP contribution >= 0.6 is 0 Å². The van der Waals surface area contributed by atoms with Gasteiger partial charge in [-0.1, -0.05) is 13.0 Å². The minimum Gasteiger partial charge on any atom is -0.490 e. The van der Waals surface area contributed by atoms with Crippen LogP contribution in [0.4, 0.5) is 18.9 Å². The summed E-state index contributed by atoms with van der Waals surface area (Å²) < 4.78 is 57.7. The highest BCUT2D eigenvalue weighted by atomic mass is 19.4. The molecule has 5 rings (SSSR count). The molecule has 0 unspecified atom stereocenters. The van der Waals surface area contributed by atoms with Gasteiger partial charge in [-0.3, -0.25) is 4.79 Å². The maximum atomic E-state index is 13.1. The number of ether oxygens (including phenoxy) is 3. The fourth-order valence-corrected chi connectivity index (χ4v) is 4.13. The smallest absolute Gasteiger partial charge is 0.433 e. The summed E-state index contributed by atoms with van der Waals surface area (Å²) in [5.41, 5.74) is 0.234. The number of fused-ring (bicyclic) bond motifs is 1. The van der Waals surface area contributed by atoms with Gasteiger partial charge in [-0.25, -0.2) is 9.97 Å². The lowest BCUT2D eigenvalue weighted by Crippen LogP contribution is -2.44. The molecule has 0 radical (unpaired) electrons. The fourth-order valence-electron chi connectivity index (χ4n) is 4.13. The second-order valence-electron chi connectivity index (χ2n) is 9.32. The summed E-state index contributed by atoms with van der Waals surface area (Å²) in [6.07, 6.45) is 0.647. The summed E-state index contributed by atoms with van der Waals surface area (Å²) in [5.74, 6) is -0.135. The molecule has 2 aliphatic rings. The topological polar surface area (TPSA) is 87.0 Å². The molecule has 0 saturated carbocycles. The zero-order chi connectivity index (χ0) is 24.6. The average Bonchev–Trinajstić information content (AvgIpc) is 3.24. The Kier molecular flexibility index (Phi) is 6.14. The lowest BCUT2D eigenvalue weighted by molar-refractivity contribution is -0.141. The normalized spacial score (nSPS) is 18.3. The quantitative estimate of drug-likeness (QED) is 0.554. The second-order valence-corrected chi connectivity index (χ2v) is 9.32. The SMILES string of the molecule is CC1(COc2cc3nc(C4CCOCC4)cn3cc2NC(=O)c2cccc(C(F)(F)F)n2)COC1. The molecule has 1 N–H and O–H groups in total. The number of halogens is 3. The minimum atomic E-state index is -4.65. The molecule has 0 spiro atoms. The van der Waals surface area contributed by atoms with Crippen molar-refractivity contribution in [2.75, 3.05) is 38.4 Å². The Hall–Kier alpha value is -3.18. The second kappa shape index (κ2) is 9.12. The number of amides is 1. The average molecular weight is 490 g/mol. The standard InChI is InChI=1S/C24H25F3N4O4/c1-23(12-34-13-23)14-35-19-9-21-29-17(15-5-7-33-8-6-15)10-31(21)11-18(19)30-22(32)16-3-2-4-20(28-16)24(25,26)27/h2-4,9-11,15H,5-8,12-14H2,1H3,(H,30,32). The number of anilines is 1. The van der Waals surface area contributed by atoms with E-state index in [9.17, 15) is 18.0 Å². The van der Waals surface area contributed by atoms with Crippen LogP contribution in [0.5, 0.6) is 5.75 Å². The number of rotatable bonds is 6. The number of nitrogens with one attached hydrogen (secondary N) is 1. The number of imidazole rings is 1. The Morgan fingerprint density at radius 2 is 1.97 bits per heavy atom. The van der Waals surface area contributed by atoms with Gasteiger partial charge in [0.15, 0.2) is 0 Å². The lowest BCUT2D eigenvalue weighted by Gasteiger charge is -2.37. The molecule has 35 heavy (non-hydrogen) atoms. The zero-order valence-corrected chi connectivity index (χ0v) is 19.1. The molecule has 0 bridgehead atoms. The monoisotopic (exact) mass is 490 g/mol. The molecular formula is C24H25F3N4O4. The number of carbonyl (C=O) groups excluding carboxylic acids is 1. The van der Waals surface area contributed by atoms with Gasteiger partial charge in [-0.15, -0.1) is 0 Å². The molecular weight excluding hydrogens is 465 g/mol. The molecule has 3 aromatic rings. The van der Waals surface area contributed by atoms with E-state index in [0.717, 1.165) is 30.7 Å². The van der Waals surface area contributed by atoms with Crippen molar-refractivity contribution in [3.63, 3.8) is 0 Å². The van der Waals surface area contributed by atoms with E-state index < -0.39 is 17.8 Å². The number of aromatic nitrogens is 3. The van der Waals surface area contributed by atoms with Gasteiger partial charge in [0.05, 0.1) is 25.5 Å². The zero-order valence-electron chi connectivity index (χ0n) is 19.1. The van der Waals surface area contributed by atoms with Gasteiger partial charge in [0.1, 0.15) is 28.5 Å². The van der Waals surface area contributed by atoms with Crippen molar-refractivity contribution >= 4 is 17.2 Å². The van der Waals surface area contributed by atoms with Gasteiger partial charge in [0, 0.05) is 43.0 Å². The van der Waals surface area contributed by atoms with Gasteiger partial charge >= 0.3 is 6.18 Å². The third-order valence-electron chi connectivity index (χ3n) is 6.21. The van der Waals surface area contributed by atoms with E-state index >= 15 is 0 Å². The Morgan fingerprint density at radius 1 is 1.20 bits per heavy atom. The van der Waals surface area contributed by atoms with Crippen molar-refractivity contribution in [3.05, 3.63) is 53.7 Å². The predicted octanol–water partition coefficient (Wildman–Crippen LogP) is 4.31. The number of nitrogens with zero attached hydrogens (tertiary/aromatic N) is 3. The molecule has 3 aromatic heterocycles. The maximum Gasteiger partial charge on any atom is 0.433 e. The van der Waals surface area contributed by atoms with Gasteiger partial charge in [0.2, 0.25) is 0 Å². The minimum absolute atomic E-state index is 0.154. The van der Waals surface area contributed by atoms with E-state index in [-0.39, 0.29) is 17.0 Å². The molecule has 1 amide bonds. The van der Waals surface area contributed by atoms with Crippen LogP contribution in [0.3, 0.4) is 0 Å². The van der Waals surface area contributed by atoms with Gasteiger partial charge in [0.25, 0.3) is 5.91 Å². The molecule has 11 heteroatoms. The molecule has 0 aromatic carbocycles. The lowest BCUT2D eigenvalue weighted by atomic mass is 9.90. The van der Waals surface area contributed by atoms with Crippen LogP contribution in [0.1, 0.15) is 47.6 Å². The van der Waals surface area contributed by atoms with Crippen LogP contribution in [0.25, 0.3) is 5.65 Å². The van der Waals surface area contributed by atoms with Gasteiger partial charge in [-0.05, 0) is 25.0 Å². The van der Waals surface area contributed by atoms with E-state index in [0.29, 0.717) is 50.1 Å². The molecule has 2 aliphatic heterocycles. The highest BCUT2D eigenvalue weighted by molar-refractivity contribution is 6.03. The Labute approximate surface area is 199 Å². The van der Waals surface area contributed by atoms with E-state index in [1.807, 2.05) is 13.1 Å². The summed E-state index contributed by atoms with van der Waals surface area (Å²) in [4.78, 5) is 21.1. The van der Waals surface area contributed by atoms with Gasteiger partial charge in [-0.2, -0.15) is 13.2 Å². The van der Waals surface area contributed by atoms with Crippen molar-refractivity contribution in [2.24, 2.45) is 5.41 Å². The number of hydrogen-bond donors (Lipinski definition) is 1. The van der Waals surface area contributed by atoms with Crippen molar-refractivity contribution in [1.29, 1.82) is 0 Å². The van der Waals surface area contributed by atoms with E-state index in [1.165, 1.54) is 6.07 Å². The van der Waals surface area contributed by atoms with Crippen molar-refractivity contribution in [1.82, 2.24) is 14.4 Å². The molecule has 186 valence electrons. The first-order valence-electron chi connectivity index (χ1n) is 11.4. The van der Waals surface area contributed by atoms with E-state index in [2.05, 4.69) is 10.3 Å². The van der Waals surface area contributed by atoms with Crippen LogP contribution in [-0.2, 0) is 15.7 Å².